The third kappa shape index (κ3) is 6.45. The van der Waals surface area contributed by atoms with Crippen molar-refractivity contribution in [2.24, 2.45) is 0 Å². The lowest BCUT2D eigenvalue weighted by Crippen LogP contribution is -2.29. The average Bonchev–Trinajstić information content (AvgIpc) is 2.44. The number of thiocarbonyl (C=S) groups is 1. The summed E-state index contributed by atoms with van der Waals surface area (Å²) in [6.07, 6.45) is 3.13. The smallest absolute Gasteiger partial charge is 0.305 e. The second-order valence-electron chi connectivity index (χ2n) is 3.79. The summed E-state index contributed by atoms with van der Waals surface area (Å²) in [6, 6.07) is 8.03. The zero-order chi connectivity index (χ0) is 14.1. The third-order valence-corrected chi connectivity index (χ3v) is 3.41. The van der Waals surface area contributed by atoms with E-state index in [9.17, 15) is 4.79 Å². The van der Waals surface area contributed by atoms with Gasteiger partial charge >= 0.3 is 5.97 Å². The molecule has 6 heteroatoms. The lowest BCUT2D eigenvalue weighted by atomic mass is 10.3. The lowest BCUT2D eigenvalue weighted by molar-refractivity contribution is -0.140. The number of ether oxygens (including phenoxy) is 1. The van der Waals surface area contributed by atoms with E-state index in [1.165, 1.54) is 12.0 Å². The van der Waals surface area contributed by atoms with Gasteiger partial charge in [-0.3, -0.25) is 4.79 Å². The SMILES string of the molecule is COC(=O)CCCNC(=S)Nc1ccc(SC)cc1. The van der Waals surface area contributed by atoms with Crippen LogP contribution in [0.3, 0.4) is 0 Å². The Labute approximate surface area is 123 Å². The van der Waals surface area contributed by atoms with Crippen molar-refractivity contribution in [3.63, 3.8) is 0 Å². The van der Waals surface area contributed by atoms with Crippen LogP contribution in [0.5, 0.6) is 0 Å². The number of carbonyl (C=O) groups excluding carboxylic acids is 1. The number of hydrogen-bond donors (Lipinski definition) is 2. The average molecular weight is 298 g/mol. The Morgan fingerprint density at radius 2 is 2.05 bits per heavy atom. The first-order chi connectivity index (χ1) is 9.15. The maximum absolute atomic E-state index is 10.9. The minimum atomic E-state index is -0.201. The van der Waals surface area contributed by atoms with Crippen molar-refractivity contribution in [3.05, 3.63) is 24.3 Å². The summed E-state index contributed by atoms with van der Waals surface area (Å²) in [5.74, 6) is -0.201. The minimum Gasteiger partial charge on any atom is -0.469 e. The second kappa shape index (κ2) is 8.77. The molecule has 0 fully saturated rings. The van der Waals surface area contributed by atoms with Crippen LogP contribution in [0.25, 0.3) is 0 Å². The molecule has 0 aliphatic carbocycles. The molecule has 0 saturated heterocycles. The van der Waals surface area contributed by atoms with E-state index in [2.05, 4.69) is 15.4 Å². The standard InChI is InChI=1S/C13H18N2O2S2/c1-17-12(16)4-3-9-14-13(18)15-10-5-7-11(19-2)8-6-10/h5-8H,3-4,9H2,1-2H3,(H2,14,15,18). The molecule has 1 aromatic carbocycles. The molecular weight excluding hydrogens is 280 g/mol. The van der Waals surface area contributed by atoms with E-state index in [1.54, 1.807) is 11.8 Å². The second-order valence-corrected chi connectivity index (χ2v) is 5.08. The number of esters is 1. The monoisotopic (exact) mass is 298 g/mol. The molecule has 4 nitrogen and oxygen atoms in total. The van der Waals surface area contributed by atoms with E-state index in [0.29, 0.717) is 24.5 Å². The first-order valence-electron chi connectivity index (χ1n) is 5.91. The summed E-state index contributed by atoms with van der Waals surface area (Å²) in [5.41, 5.74) is 0.947. The molecule has 0 radical (unpaired) electrons. The molecule has 0 bridgehead atoms. The molecule has 0 aliphatic rings. The predicted octanol–water partition coefficient (Wildman–Crippen LogP) is 2.65. The molecule has 1 aromatic rings. The zero-order valence-electron chi connectivity index (χ0n) is 11.1. The molecule has 0 saturated carbocycles. The van der Waals surface area contributed by atoms with Gasteiger partial charge in [-0.25, -0.2) is 0 Å². The lowest BCUT2D eigenvalue weighted by Gasteiger charge is -2.10. The number of anilines is 1. The van der Waals surface area contributed by atoms with Crippen molar-refractivity contribution in [1.29, 1.82) is 0 Å². The fourth-order valence-corrected chi connectivity index (χ4v) is 2.01. The first-order valence-corrected chi connectivity index (χ1v) is 7.54. The highest BCUT2D eigenvalue weighted by molar-refractivity contribution is 7.98. The zero-order valence-corrected chi connectivity index (χ0v) is 12.7. The number of benzene rings is 1. The summed E-state index contributed by atoms with van der Waals surface area (Å²) in [7, 11) is 1.39. The Balaban J connectivity index is 2.25. The van der Waals surface area contributed by atoms with Gasteiger partial charge in [0, 0.05) is 23.5 Å². The van der Waals surface area contributed by atoms with Gasteiger partial charge in [0.1, 0.15) is 0 Å². The van der Waals surface area contributed by atoms with E-state index in [0.717, 1.165) is 5.69 Å². The number of rotatable bonds is 6. The number of nitrogens with one attached hydrogen (secondary N) is 2. The summed E-state index contributed by atoms with van der Waals surface area (Å²) < 4.78 is 4.56. The largest absolute Gasteiger partial charge is 0.469 e. The van der Waals surface area contributed by atoms with Crippen LogP contribution in [0.1, 0.15) is 12.8 Å². The summed E-state index contributed by atoms with van der Waals surface area (Å²) in [5, 5.41) is 6.69. The van der Waals surface area contributed by atoms with Gasteiger partial charge in [-0.1, -0.05) is 0 Å². The van der Waals surface area contributed by atoms with Gasteiger partial charge in [-0.15, -0.1) is 11.8 Å². The van der Waals surface area contributed by atoms with Crippen molar-refractivity contribution in [2.45, 2.75) is 17.7 Å². The Bertz CT molecular complexity index is 421. The van der Waals surface area contributed by atoms with Crippen LogP contribution >= 0.6 is 24.0 Å². The number of methoxy groups -OCH3 is 1. The first kappa shape index (κ1) is 15.8. The van der Waals surface area contributed by atoms with Gasteiger partial charge in [-0.05, 0) is 49.2 Å². The van der Waals surface area contributed by atoms with Gasteiger partial charge < -0.3 is 15.4 Å². The molecule has 0 spiro atoms. The highest BCUT2D eigenvalue weighted by Crippen LogP contribution is 2.17. The normalized spacial score (nSPS) is 9.79. The van der Waals surface area contributed by atoms with Gasteiger partial charge in [0.2, 0.25) is 0 Å². The maximum atomic E-state index is 10.9. The van der Waals surface area contributed by atoms with E-state index in [1.807, 2.05) is 30.5 Å². The van der Waals surface area contributed by atoms with Crippen molar-refractivity contribution in [2.75, 3.05) is 25.2 Å². The molecule has 0 heterocycles. The Kier molecular flexibility index (Phi) is 7.28. The molecule has 104 valence electrons. The van der Waals surface area contributed by atoms with Crippen molar-refractivity contribution < 1.29 is 9.53 Å². The van der Waals surface area contributed by atoms with E-state index >= 15 is 0 Å². The Morgan fingerprint density at radius 1 is 1.37 bits per heavy atom. The Hall–Kier alpha value is -1.27. The molecule has 2 N–H and O–H groups in total. The minimum absolute atomic E-state index is 0.201. The van der Waals surface area contributed by atoms with Crippen molar-refractivity contribution in [1.82, 2.24) is 5.32 Å². The van der Waals surface area contributed by atoms with Crippen LogP contribution < -0.4 is 10.6 Å². The summed E-state index contributed by atoms with van der Waals surface area (Å²) in [4.78, 5) is 12.1. The summed E-state index contributed by atoms with van der Waals surface area (Å²) >= 11 is 6.86. The van der Waals surface area contributed by atoms with Crippen molar-refractivity contribution >= 4 is 40.7 Å². The fourth-order valence-electron chi connectivity index (χ4n) is 1.39. The van der Waals surface area contributed by atoms with Crippen molar-refractivity contribution in [3.8, 4) is 0 Å². The van der Waals surface area contributed by atoms with Gasteiger partial charge in [-0.2, -0.15) is 0 Å². The van der Waals surface area contributed by atoms with Crippen LogP contribution in [0.15, 0.2) is 29.2 Å². The number of thioether (sulfide) groups is 1. The highest BCUT2D eigenvalue weighted by Gasteiger charge is 2.01. The van der Waals surface area contributed by atoms with E-state index in [-0.39, 0.29) is 5.97 Å². The van der Waals surface area contributed by atoms with E-state index in [4.69, 9.17) is 12.2 Å². The quantitative estimate of drug-likeness (QED) is 0.364. The topological polar surface area (TPSA) is 50.4 Å². The molecule has 0 aliphatic heterocycles. The van der Waals surface area contributed by atoms with Gasteiger partial charge in [0.25, 0.3) is 0 Å². The number of carbonyl (C=O) groups is 1. The molecule has 1 rings (SSSR count). The van der Waals surface area contributed by atoms with Crippen LogP contribution in [0, 0.1) is 0 Å². The molecule has 19 heavy (non-hydrogen) atoms. The van der Waals surface area contributed by atoms with Gasteiger partial charge in [0.15, 0.2) is 5.11 Å². The maximum Gasteiger partial charge on any atom is 0.305 e. The highest BCUT2D eigenvalue weighted by atomic mass is 32.2. The molecular formula is C13H18N2O2S2. The van der Waals surface area contributed by atoms with Gasteiger partial charge in [0.05, 0.1) is 7.11 Å². The molecule has 0 aromatic heterocycles. The molecule has 0 amide bonds. The van der Waals surface area contributed by atoms with Crippen LogP contribution in [0.4, 0.5) is 5.69 Å². The molecule has 0 atom stereocenters. The fraction of sp³-hybridized carbons (Fsp3) is 0.385. The Morgan fingerprint density at radius 3 is 2.63 bits per heavy atom. The summed E-state index contributed by atoms with van der Waals surface area (Å²) in [6.45, 7) is 0.643. The van der Waals surface area contributed by atoms with Crippen LogP contribution in [-0.2, 0) is 9.53 Å². The van der Waals surface area contributed by atoms with E-state index < -0.39 is 0 Å². The van der Waals surface area contributed by atoms with Crippen LogP contribution in [-0.4, -0.2) is 31.0 Å². The van der Waals surface area contributed by atoms with Crippen LogP contribution in [0.2, 0.25) is 0 Å². The molecule has 0 unspecified atom stereocenters. The third-order valence-electron chi connectivity index (χ3n) is 2.42. The number of hydrogen-bond acceptors (Lipinski definition) is 4. The predicted molar refractivity (Wildman–Crippen MR) is 83.7 cm³/mol.